The number of hydrogen-bond acceptors (Lipinski definition) is 6. The van der Waals surface area contributed by atoms with E-state index in [1.165, 1.54) is 0 Å². The molecule has 1 aliphatic heterocycles. The van der Waals surface area contributed by atoms with Gasteiger partial charge in [-0.3, -0.25) is 4.79 Å². The van der Waals surface area contributed by atoms with Crippen LogP contribution in [0.15, 0.2) is 90.4 Å². The number of rotatable bonds is 7. The summed E-state index contributed by atoms with van der Waals surface area (Å²) >= 11 is 0. The Morgan fingerprint density at radius 2 is 1.63 bits per heavy atom. The predicted octanol–water partition coefficient (Wildman–Crippen LogP) is 4.76. The summed E-state index contributed by atoms with van der Waals surface area (Å²) in [5, 5.41) is 8.01. The van der Waals surface area contributed by atoms with E-state index in [2.05, 4.69) is 11.9 Å². The number of allylic oxidation sites excluding steroid dienone is 1. The van der Waals surface area contributed by atoms with Crippen molar-refractivity contribution in [3.05, 3.63) is 96.0 Å². The second-order valence-electron chi connectivity index (χ2n) is 8.20. The predicted molar refractivity (Wildman–Crippen MR) is 133 cm³/mol. The Labute approximate surface area is 205 Å². The molecule has 2 heterocycles. The normalized spacial score (nSPS) is 17.6. The number of para-hydroxylation sites is 1. The second-order valence-corrected chi connectivity index (χ2v) is 8.20. The molecular formula is C28H29N3O4. The van der Waals surface area contributed by atoms with E-state index in [-0.39, 0.29) is 13.2 Å². The van der Waals surface area contributed by atoms with Gasteiger partial charge < -0.3 is 14.8 Å². The summed E-state index contributed by atoms with van der Waals surface area (Å²) in [6.45, 7) is 9.82. The zero-order valence-electron chi connectivity index (χ0n) is 20.2. The number of aromatic nitrogens is 2. The van der Waals surface area contributed by atoms with Crippen LogP contribution in [0.4, 0.5) is 0 Å². The Kier molecular flexibility index (Phi) is 7.15. The first-order valence-electron chi connectivity index (χ1n) is 11.7. The van der Waals surface area contributed by atoms with Gasteiger partial charge in [0.15, 0.2) is 0 Å². The van der Waals surface area contributed by atoms with Crippen LogP contribution < -0.4 is 5.32 Å². The number of carbonyl (C=O) groups excluding carboxylic acids is 2. The second kappa shape index (κ2) is 10.4. The molecule has 0 saturated carbocycles. The van der Waals surface area contributed by atoms with Crippen molar-refractivity contribution in [1.29, 1.82) is 0 Å². The molecule has 180 valence electrons. The Hall–Kier alpha value is -4.13. The fourth-order valence-corrected chi connectivity index (χ4v) is 4.47. The summed E-state index contributed by atoms with van der Waals surface area (Å²) in [4.78, 5) is 26.4. The summed E-state index contributed by atoms with van der Waals surface area (Å²) in [6.07, 6.45) is 1.87. The molecule has 1 aliphatic rings. The lowest BCUT2D eigenvalue weighted by Crippen LogP contribution is -2.39. The average Bonchev–Trinajstić information content (AvgIpc) is 3.30. The van der Waals surface area contributed by atoms with Crippen LogP contribution in [0.2, 0.25) is 0 Å². The number of hydrogen-bond donors (Lipinski definition) is 1. The van der Waals surface area contributed by atoms with Gasteiger partial charge in [0, 0.05) is 34.6 Å². The minimum absolute atomic E-state index is 0.210. The first-order valence-corrected chi connectivity index (χ1v) is 11.7. The van der Waals surface area contributed by atoms with Crippen molar-refractivity contribution in [3.8, 4) is 16.9 Å². The molecule has 0 amide bonds. The molecule has 7 heteroatoms. The van der Waals surface area contributed by atoms with Crippen molar-refractivity contribution < 1.29 is 19.1 Å². The SMILES string of the molecule is C=C1NC(C)=C(C(=O)OCC)C(c2cn(-c3ccccc3)nc2-c2ccccc2)C1C(=O)OCC. The largest absolute Gasteiger partial charge is 0.465 e. The lowest BCUT2D eigenvalue weighted by molar-refractivity contribution is -0.147. The Bertz CT molecular complexity index is 1260. The van der Waals surface area contributed by atoms with E-state index >= 15 is 0 Å². The molecule has 0 spiro atoms. The smallest absolute Gasteiger partial charge is 0.336 e. The molecule has 0 aliphatic carbocycles. The highest BCUT2D eigenvalue weighted by Gasteiger charge is 2.44. The van der Waals surface area contributed by atoms with E-state index in [0.717, 1.165) is 11.3 Å². The molecule has 3 aromatic rings. The first-order chi connectivity index (χ1) is 17.0. The average molecular weight is 472 g/mol. The van der Waals surface area contributed by atoms with Crippen molar-refractivity contribution in [2.45, 2.75) is 26.7 Å². The van der Waals surface area contributed by atoms with Crippen molar-refractivity contribution in [3.63, 3.8) is 0 Å². The third-order valence-electron chi connectivity index (χ3n) is 5.95. The van der Waals surface area contributed by atoms with E-state index in [1.54, 1.807) is 25.5 Å². The van der Waals surface area contributed by atoms with Crippen LogP contribution in [0.25, 0.3) is 16.9 Å². The number of nitrogens with one attached hydrogen (secondary N) is 1. The van der Waals surface area contributed by atoms with Crippen molar-refractivity contribution >= 4 is 11.9 Å². The van der Waals surface area contributed by atoms with Gasteiger partial charge in [0.05, 0.1) is 30.2 Å². The van der Waals surface area contributed by atoms with Crippen LogP contribution in [-0.2, 0) is 19.1 Å². The molecule has 1 aromatic heterocycles. The summed E-state index contributed by atoms with van der Waals surface area (Å²) in [6, 6.07) is 19.4. The van der Waals surface area contributed by atoms with E-state index in [4.69, 9.17) is 14.6 Å². The summed E-state index contributed by atoms with van der Waals surface area (Å²) < 4.78 is 12.6. The molecule has 0 fully saturated rings. The molecule has 2 atom stereocenters. The maximum atomic E-state index is 13.2. The molecule has 0 saturated heterocycles. The summed E-state index contributed by atoms with van der Waals surface area (Å²) in [7, 11) is 0. The molecular weight excluding hydrogens is 442 g/mol. The van der Waals surface area contributed by atoms with E-state index in [1.807, 2.05) is 66.9 Å². The Morgan fingerprint density at radius 1 is 1.00 bits per heavy atom. The van der Waals surface area contributed by atoms with Crippen molar-refractivity contribution in [1.82, 2.24) is 15.1 Å². The lowest BCUT2D eigenvalue weighted by Gasteiger charge is -2.34. The van der Waals surface area contributed by atoms with Gasteiger partial charge >= 0.3 is 11.9 Å². The molecule has 2 aromatic carbocycles. The van der Waals surface area contributed by atoms with E-state index in [9.17, 15) is 9.59 Å². The van der Waals surface area contributed by atoms with Crippen LogP contribution in [0.3, 0.4) is 0 Å². The minimum atomic E-state index is -0.839. The fraction of sp³-hybridized carbons (Fsp3) is 0.250. The number of nitrogens with zero attached hydrogens (tertiary/aromatic N) is 2. The highest BCUT2D eigenvalue weighted by molar-refractivity contribution is 5.95. The third kappa shape index (κ3) is 4.75. The molecule has 35 heavy (non-hydrogen) atoms. The van der Waals surface area contributed by atoms with E-state index in [0.29, 0.717) is 28.2 Å². The third-order valence-corrected chi connectivity index (χ3v) is 5.95. The highest BCUT2D eigenvalue weighted by atomic mass is 16.5. The molecule has 0 radical (unpaired) electrons. The standard InChI is InChI=1S/C28H29N3O4/c1-5-34-27(32)23-18(3)29-19(4)24(28(33)35-6-2)25(23)22-17-31(21-15-11-8-12-16-21)30-26(22)20-13-9-7-10-14-20/h7-17,23,25,29H,3,5-6H2,1-2,4H3. The van der Waals surface area contributed by atoms with Gasteiger partial charge in [0.2, 0.25) is 0 Å². The molecule has 0 bridgehead atoms. The van der Waals surface area contributed by atoms with Gasteiger partial charge in [-0.15, -0.1) is 0 Å². The van der Waals surface area contributed by atoms with Gasteiger partial charge in [-0.1, -0.05) is 55.1 Å². The zero-order chi connectivity index (χ0) is 24.9. The van der Waals surface area contributed by atoms with Gasteiger partial charge in [-0.25, -0.2) is 9.48 Å². The number of carbonyl (C=O) groups is 2. The molecule has 4 rings (SSSR count). The van der Waals surface area contributed by atoms with E-state index < -0.39 is 23.8 Å². The topological polar surface area (TPSA) is 82.5 Å². The quantitative estimate of drug-likeness (QED) is 0.501. The maximum absolute atomic E-state index is 13.2. The van der Waals surface area contributed by atoms with Gasteiger partial charge in [0.1, 0.15) is 5.92 Å². The number of benzene rings is 2. The maximum Gasteiger partial charge on any atom is 0.336 e. The first kappa shape index (κ1) is 24.0. The fourth-order valence-electron chi connectivity index (χ4n) is 4.47. The van der Waals surface area contributed by atoms with Gasteiger partial charge in [-0.2, -0.15) is 5.10 Å². The highest BCUT2D eigenvalue weighted by Crippen LogP contribution is 2.44. The Balaban J connectivity index is 1.99. The van der Waals surface area contributed by atoms with Crippen LogP contribution in [0.1, 0.15) is 32.3 Å². The molecule has 7 nitrogen and oxygen atoms in total. The van der Waals surface area contributed by atoms with Crippen LogP contribution >= 0.6 is 0 Å². The Morgan fingerprint density at radius 3 is 2.26 bits per heavy atom. The van der Waals surface area contributed by atoms with Crippen LogP contribution in [0, 0.1) is 5.92 Å². The van der Waals surface area contributed by atoms with Crippen LogP contribution in [0.5, 0.6) is 0 Å². The van der Waals surface area contributed by atoms with Crippen molar-refractivity contribution in [2.75, 3.05) is 13.2 Å². The zero-order valence-corrected chi connectivity index (χ0v) is 20.2. The van der Waals surface area contributed by atoms with Gasteiger partial charge in [0.25, 0.3) is 0 Å². The number of ether oxygens (including phenoxy) is 2. The minimum Gasteiger partial charge on any atom is -0.465 e. The summed E-state index contributed by atoms with van der Waals surface area (Å²) in [5.41, 5.74) is 4.51. The molecule has 2 unspecified atom stereocenters. The van der Waals surface area contributed by atoms with Crippen LogP contribution in [-0.4, -0.2) is 34.9 Å². The summed E-state index contributed by atoms with van der Waals surface area (Å²) in [5.74, 6) is -2.49. The number of esters is 2. The lowest BCUT2D eigenvalue weighted by atomic mass is 9.75. The monoisotopic (exact) mass is 471 g/mol. The molecule has 1 N–H and O–H groups in total. The van der Waals surface area contributed by atoms with Gasteiger partial charge in [-0.05, 0) is 32.9 Å². The van der Waals surface area contributed by atoms with Crippen molar-refractivity contribution in [2.24, 2.45) is 5.92 Å².